The quantitative estimate of drug-likeness (QED) is 0.942. The first-order valence-electron chi connectivity index (χ1n) is 5.20. The monoisotopic (exact) mass is 283 g/mol. The van der Waals surface area contributed by atoms with Crippen LogP contribution in [0.3, 0.4) is 0 Å². The number of carbonyl (C=O) groups is 1. The molecule has 2 heterocycles. The van der Waals surface area contributed by atoms with Crippen LogP contribution in [0.5, 0.6) is 0 Å². The SMILES string of the molecule is CC(c1ccc(Cl)s1)n1cc(C(=O)O)ccc1=O. The van der Waals surface area contributed by atoms with Crippen LogP contribution in [0.25, 0.3) is 0 Å². The van der Waals surface area contributed by atoms with E-state index in [0.717, 1.165) is 4.88 Å². The molecule has 0 saturated carbocycles. The summed E-state index contributed by atoms with van der Waals surface area (Å²) < 4.78 is 2.03. The molecule has 1 unspecified atom stereocenters. The van der Waals surface area contributed by atoms with E-state index in [-0.39, 0.29) is 17.2 Å². The Morgan fingerprint density at radius 1 is 1.39 bits per heavy atom. The Bertz CT molecular complexity index is 647. The van der Waals surface area contributed by atoms with Crippen LogP contribution in [0.4, 0.5) is 0 Å². The van der Waals surface area contributed by atoms with Gasteiger partial charge < -0.3 is 9.67 Å². The van der Waals surface area contributed by atoms with Gasteiger partial charge in [-0.1, -0.05) is 11.6 Å². The fourth-order valence-electron chi connectivity index (χ4n) is 1.62. The number of hydrogen-bond donors (Lipinski definition) is 1. The van der Waals surface area contributed by atoms with Gasteiger partial charge >= 0.3 is 5.97 Å². The van der Waals surface area contributed by atoms with Crippen molar-refractivity contribution in [2.45, 2.75) is 13.0 Å². The molecular weight excluding hydrogens is 274 g/mol. The molecule has 6 heteroatoms. The minimum Gasteiger partial charge on any atom is -0.478 e. The highest BCUT2D eigenvalue weighted by Crippen LogP contribution is 2.28. The lowest BCUT2D eigenvalue weighted by Gasteiger charge is -2.13. The van der Waals surface area contributed by atoms with Gasteiger partial charge in [0.05, 0.1) is 15.9 Å². The van der Waals surface area contributed by atoms with E-state index in [0.29, 0.717) is 4.34 Å². The maximum Gasteiger partial charge on any atom is 0.337 e. The van der Waals surface area contributed by atoms with E-state index in [4.69, 9.17) is 16.7 Å². The van der Waals surface area contributed by atoms with Crippen LogP contribution in [0.2, 0.25) is 4.34 Å². The van der Waals surface area contributed by atoms with Crippen molar-refractivity contribution in [3.63, 3.8) is 0 Å². The van der Waals surface area contributed by atoms with E-state index in [1.54, 1.807) is 6.07 Å². The number of aromatic carboxylic acids is 1. The Morgan fingerprint density at radius 3 is 2.67 bits per heavy atom. The van der Waals surface area contributed by atoms with Crippen LogP contribution in [-0.4, -0.2) is 15.6 Å². The molecule has 2 aromatic heterocycles. The fourth-order valence-corrected chi connectivity index (χ4v) is 2.73. The van der Waals surface area contributed by atoms with E-state index in [1.807, 2.05) is 13.0 Å². The second-order valence-corrected chi connectivity index (χ2v) is 5.53. The van der Waals surface area contributed by atoms with Crippen molar-refractivity contribution >= 4 is 28.9 Å². The maximum atomic E-state index is 11.8. The van der Waals surface area contributed by atoms with Crippen LogP contribution < -0.4 is 5.56 Å². The third-order valence-electron chi connectivity index (χ3n) is 2.61. The Hall–Kier alpha value is -1.59. The van der Waals surface area contributed by atoms with Gasteiger partial charge in [-0.25, -0.2) is 4.79 Å². The number of carboxylic acids is 1. The molecule has 0 radical (unpaired) electrons. The smallest absolute Gasteiger partial charge is 0.337 e. The predicted octanol–water partition coefficient (Wildman–Crippen LogP) is 2.87. The molecule has 0 spiro atoms. The average Bonchev–Trinajstić information content (AvgIpc) is 2.75. The average molecular weight is 284 g/mol. The van der Waals surface area contributed by atoms with Gasteiger partial charge in [-0.15, -0.1) is 11.3 Å². The second-order valence-electron chi connectivity index (χ2n) is 3.79. The molecule has 0 aliphatic rings. The number of rotatable bonds is 3. The molecule has 0 aliphatic carbocycles. The van der Waals surface area contributed by atoms with E-state index in [2.05, 4.69) is 0 Å². The van der Waals surface area contributed by atoms with E-state index in [1.165, 1.54) is 34.2 Å². The van der Waals surface area contributed by atoms with Crippen LogP contribution in [0.1, 0.15) is 28.2 Å². The van der Waals surface area contributed by atoms with Crippen molar-refractivity contribution in [1.29, 1.82) is 0 Å². The number of halogens is 1. The topological polar surface area (TPSA) is 59.3 Å². The second kappa shape index (κ2) is 4.96. The summed E-state index contributed by atoms with van der Waals surface area (Å²) in [4.78, 5) is 23.6. The number of aromatic nitrogens is 1. The van der Waals surface area contributed by atoms with Gasteiger partial charge in [0.2, 0.25) is 0 Å². The van der Waals surface area contributed by atoms with E-state index >= 15 is 0 Å². The molecule has 0 aromatic carbocycles. The first-order chi connectivity index (χ1) is 8.49. The molecule has 0 aliphatic heterocycles. The van der Waals surface area contributed by atoms with Gasteiger partial charge in [0.25, 0.3) is 5.56 Å². The lowest BCUT2D eigenvalue weighted by Crippen LogP contribution is -2.23. The zero-order valence-corrected chi connectivity index (χ0v) is 11.0. The highest BCUT2D eigenvalue weighted by molar-refractivity contribution is 7.16. The summed E-state index contributed by atoms with van der Waals surface area (Å²) in [6, 6.07) is 5.90. The van der Waals surface area contributed by atoms with E-state index < -0.39 is 5.97 Å². The van der Waals surface area contributed by atoms with Crippen molar-refractivity contribution < 1.29 is 9.90 Å². The molecule has 0 saturated heterocycles. The molecule has 1 atom stereocenters. The van der Waals surface area contributed by atoms with Crippen LogP contribution in [0.15, 0.2) is 35.3 Å². The van der Waals surface area contributed by atoms with Crippen molar-refractivity contribution in [2.75, 3.05) is 0 Å². The summed E-state index contributed by atoms with van der Waals surface area (Å²) in [5.74, 6) is -1.06. The molecule has 0 fully saturated rings. The third-order valence-corrected chi connectivity index (χ3v) is 4.01. The van der Waals surface area contributed by atoms with Crippen LogP contribution >= 0.6 is 22.9 Å². The normalized spacial score (nSPS) is 12.3. The summed E-state index contributed by atoms with van der Waals surface area (Å²) in [6.45, 7) is 1.83. The zero-order valence-electron chi connectivity index (χ0n) is 9.46. The highest BCUT2D eigenvalue weighted by atomic mass is 35.5. The van der Waals surface area contributed by atoms with Gasteiger partial charge in [0.15, 0.2) is 0 Å². The molecule has 4 nitrogen and oxygen atoms in total. The molecule has 94 valence electrons. The Balaban J connectivity index is 2.47. The first-order valence-corrected chi connectivity index (χ1v) is 6.39. The summed E-state index contributed by atoms with van der Waals surface area (Å²) in [7, 11) is 0. The zero-order chi connectivity index (χ0) is 13.3. The first kappa shape index (κ1) is 12.9. The predicted molar refractivity (Wildman–Crippen MR) is 70.8 cm³/mol. The maximum absolute atomic E-state index is 11.8. The molecule has 2 aromatic rings. The van der Waals surface area contributed by atoms with Gasteiger partial charge in [-0.3, -0.25) is 4.79 Å². The van der Waals surface area contributed by atoms with Gasteiger partial charge in [-0.2, -0.15) is 0 Å². The summed E-state index contributed by atoms with van der Waals surface area (Å²) in [5, 5.41) is 8.92. The van der Waals surface area contributed by atoms with Crippen molar-refractivity contribution in [3.8, 4) is 0 Å². The van der Waals surface area contributed by atoms with Crippen LogP contribution in [0, 0.1) is 0 Å². The molecular formula is C12H10ClNO3S. The summed E-state index contributed by atoms with van der Waals surface area (Å²) in [6.07, 6.45) is 1.35. The molecule has 18 heavy (non-hydrogen) atoms. The molecule has 1 N–H and O–H groups in total. The molecule has 2 rings (SSSR count). The van der Waals surface area contributed by atoms with Crippen molar-refractivity contribution in [1.82, 2.24) is 4.57 Å². The Kier molecular flexibility index (Phi) is 3.54. The lowest BCUT2D eigenvalue weighted by atomic mass is 10.2. The van der Waals surface area contributed by atoms with Crippen molar-refractivity contribution in [3.05, 3.63) is 55.6 Å². The number of carboxylic acid groups (broad SMARTS) is 1. The number of thiophene rings is 1. The third kappa shape index (κ3) is 2.47. The van der Waals surface area contributed by atoms with Crippen molar-refractivity contribution in [2.24, 2.45) is 0 Å². The molecule has 0 bridgehead atoms. The Morgan fingerprint density at radius 2 is 2.11 bits per heavy atom. The molecule has 0 amide bonds. The fraction of sp³-hybridized carbons (Fsp3) is 0.167. The largest absolute Gasteiger partial charge is 0.478 e. The van der Waals surface area contributed by atoms with Gasteiger partial charge in [-0.05, 0) is 25.1 Å². The van der Waals surface area contributed by atoms with Gasteiger partial charge in [0.1, 0.15) is 0 Å². The van der Waals surface area contributed by atoms with E-state index in [9.17, 15) is 9.59 Å². The highest BCUT2D eigenvalue weighted by Gasteiger charge is 2.13. The summed E-state index contributed by atoms with van der Waals surface area (Å²) >= 11 is 7.22. The van der Waals surface area contributed by atoms with Crippen LogP contribution in [-0.2, 0) is 0 Å². The minimum atomic E-state index is -1.06. The standard InChI is InChI=1S/C12H10ClNO3S/c1-7(9-3-4-10(13)18-9)14-6-8(12(16)17)2-5-11(14)15/h2-7H,1H3,(H,16,17). The number of pyridine rings is 1. The lowest BCUT2D eigenvalue weighted by molar-refractivity contribution is 0.0695. The minimum absolute atomic E-state index is 0.0871. The Labute approximate surface area is 112 Å². The van der Waals surface area contributed by atoms with Gasteiger partial charge in [0, 0.05) is 17.1 Å². The summed E-state index contributed by atoms with van der Waals surface area (Å²) in [5.41, 5.74) is -0.152. The number of hydrogen-bond acceptors (Lipinski definition) is 3. The number of nitrogens with zero attached hydrogens (tertiary/aromatic N) is 1.